The summed E-state index contributed by atoms with van der Waals surface area (Å²) in [6, 6.07) is 3.65. The molecule has 6 nitrogen and oxygen atoms in total. The normalized spacial score (nSPS) is 11.1. The number of anilines is 1. The van der Waals surface area contributed by atoms with Gasteiger partial charge >= 0.3 is 12.0 Å². The summed E-state index contributed by atoms with van der Waals surface area (Å²) in [5, 5.41) is 21.5. The van der Waals surface area contributed by atoms with Crippen molar-refractivity contribution in [3.63, 3.8) is 0 Å². The van der Waals surface area contributed by atoms with E-state index in [9.17, 15) is 14.7 Å². The molecule has 0 atom stereocenters. The van der Waals surface area contributed by atoms with Crippen LogP contribution in [0.1, 0.15) is 31.1 Å². The van der Waals surface area contributed by atoms with Gasteiger partial charge in [-0.25, -0.2) is 9.59 Å². The highest BCUT2D eigenvalue weighted by Gasteiger charge is 2.21. The van der Waals surface area contributed by atoms with Gasteiger partial charge in [-0.1, -0.05) is 11.6 Å². The standard InChI is InChI=1S/C14H19ClN2O4/c1-4-17(8-14(2,3)21)13(20)16-11-6-9(12(18)19)5-10(15)7-11/h5-7,21H,4,8H2,1-3H3,(H,16,20)(H,18,19). The minimum atomic E-state index is -1.13. The maximum Gasteiger partial charge on any atom is 0.335 e. The second-order valence-electron chi connectivity index (χ2n) is 5.29. The van der Waals surface area contributed by atoms with Crippen molar-refractivity contribution in [3.05, 3.63) is 28.8 Å². The lowest BCUT2D eigenvalue weighted by Gasteiger charge is -2.28. The molecular formula is C14H19ClN2O4. The number of aromatic carboxylic acids is 1. The number of carboxylic acid groups (broad SMARTS) is 1. The summed E-state index contributed by atoms with van der Waals surface area (Å²) in [6.45, 7) is 5.55. The maximum absolute atomic E-state index is 12.1. The number of hydrogen-bond acceptors (Lipinski definition) is 3. The third-order valence-electron chi connectivity index (χ3n) is 2.64. The number of carbonyl (C=O) groups is 2. The molecule has 21 heavy (non-hydrogen) atoms. The molecule has 0 heterocycles. The molecule has 0 spiro atoms. The Morgan fingerprint density at radius 1 is 1.33 bits per heavy atom. The van der Waals surface area contributed by atoms with E-state index in [0.717, 1.165) is 0 Å². The van der Waals surface area contributed by atoms with Crippen molar-refractivity contribution < 1.29 is 19.8 Å². The monoisotopic (exact) mass is 314 g/mol. The number of amides is 2. The van der Waals surface area contributed by atoms with Gasteiger partial charge in [0, 0.05) is 17.3 Å². The van der Waals surface area contributed by atoms with E-state index in [1.807, 2.05) is 0 Å². The van der Waals surface area contributed by atoms with Crippen molar-refractivity contribution in [2.75, 3.05) is 18.4 Å². The lowest BCUT2D eigenvalue weighted by molar-refractivity contribution is 0.0501. The number of likely N-dealkylation sites (N-methyl/N-ethyl adjacent to an activating group) is 1. The number of benzene rings is 1. The van der Waals surface area contributed by atoms with E-state index < -0.39 is 17.6 Å². The average molecular weight is 315 g/mol. The van der Waals surface area contributed by atoms with E-state index in [-0.39, 0.29) is 17.1 Å². The minimum Gasteiger partial charge on any atom is -0.478 e. The van der Waals surface area contributed by atoms with Crippen LogP contribution in [0.25, 0.3) is 0 Å². The number of nitrogens with zero attached hydrogens (tertiary/aromatic N) is 1. The molecular weight excluding hydrogens is 296 g/mol. The summed E-state index contributed by atoms with van der Waals surface area (Å²) in [4.78, 5) is 24.5. The molecule has 1 aromatic rings. The predicted molar refractivity (Wildman–Crippen MR) is 81.0 cm³/mol. The second-order valence-corrected chi connectivity index (χ2v) is 5.73. The van der Waals surface area contributed by atoms with Crippen LogP contribution in [-0.4, -0.2) is 45.8 Å². The summed E-state index contributed by atoms with van der Waals surface area (Å²) in [6.07, 6.45) is 0. The van der Waals surface area contributed by atoms with Crippen LogP contribution < -0.4 is 5.32 Å². The molecule has 1 aromatic carbocycles. The molecule has 0 bridgehead atoms. The van der Waals surface area contributed by atoms with E-state index in [1.54, 1.807) is 20.8 Å². The number of carboxylic acids is 1. The van der Waals surface area contributed by atoms with Crippen LogP contribution in [-0.2, 0) is 0 Å². The van der Waals surface area contributed by atoms with Crippen LogP contribution >= 0.6 is 11.6 Å². The molecule has 0 aromatic heterocycles. The molecule has 0 aliphatic heterocycles. The van der Waals surface area contributed by atoms with Crippen LogP contribution in [0.4, 0.5) is 10.5 Å². The van der Waals surface area contributed by atoms with Crippen molar-refractivity contribution in [2.24, 2.45) is 0 Å². The third kappa shape index (κ3) is 5.61. The number of rotatable bonds is 5. The second kappa shape index (κ2) is 6.78. The lowest BCUT2D eigenvalue weighted by Crippen LogP contribution is -2.44. The zero-order valence-corrected chi connectivity index (χ0v) is 12.9. The van der Waals surface area contributed by atoms with Gasteiger partial charge in [-0.05, 0) is 39.0 Å². The lowest BCUT2D eigenvalue weighted by atomic mass is 10.1. The Bertz CT molecular complexity index is 540. The average Bonchev–Trinajstić information content (AvgIpc) is 2.33. The highest BCUT2D eigenvalue weighted by atomic mass is 35.5. The zero-order chi connectivity index (χ0) is 16.2. The topological polar surface area (TPSA) is 89.9 Å². The molecule has 0 aliphatic carbocycles. The summed E-state index contributed by atoms with van der Waals surface area (Å²) < 4.78 is 0. The Kier molecular flexibility index (Phi) is 5.57. The van der Waals surface area contributed by atoms with Gasteiger partial charge in [0.05, 0.1) is 17.7 Å². The molecule has 0 aliphatic rings. The quantitative estimate of drug-likeness (QED) is 0.779. The molecule has 7 heteroatoms. The van der Waals surface area contributed by atoms with Gasteiger partial charge in [-0.2, -0.15) is 0 Å². The SMILES string of the molecule is CCN(CC(C)(C)O)C(=O)Nc1cc(Cl)cc(C(=O)O)c1. The Labute approximate surface area is 128 Å². The van der Waals surface area contributed by atoms with Crippen LogP contribution in [0.3, 0.4) is 0 Å². The van der Waals surface area contributed by atoms with Gasteiger partial charge in [0.25, 0.3) is 0 Å². The summed E-state index contributed by atoms with van der Waals surface area (Å²) in [5.41, 5.74) is -0.740. The largest absolute Gasteiger partial charge is 0.478 e. The highest BCUT2D eigenvalue weighted by molar-refractivity contribution is 6.31. The number of halogens is 1. The van der Waals surface area contributed by atoms with Crippen molar-refractivity contribution in [1.29, 1.82) is 0 Å². The smallest absolute Gasteiger partial charge is 0.335 e. The molecule has 2 amide bonds. The molecule has 3 N–H and O–H groups in total. The highest BCUT2D eigenvalue weighted by Crippen LogP contribution is 2.20. The fourth-order valence-corrected chi connectivity index (χ4v) is 2.02. The Morgan fingerprint density at radius 3 is 2.43 bits per heavy atom. The van der Waals surface area contributed by atoms with Crippen LogP contribution in [0.15, 0.2) is 18.2 Å². The molecule has 0 radical (unpaired) electrons. The fraction of sp³-hybridized carbons (Fsp3) is 0.429. The van der Waals surface area contributed by atoms with Crippen LogP contribution in [0.5, 0.6) is 0 Å². The molecule has 0 fully saturated rings. The maximum atomic E-state index is 12.1. The Hall–Kier alpha value is -1.79. The first-order valence-electron chi connectivity index (χ1n) is 6.44. The van der Waals surface area contributed by atoms with Gasteiger partial charge in [-0.3, -0.25) is 0 Å². The Morgan fingerprint density at radius 2 is 1.95 bits per heavy atom. The van der Waals surface area contributed by atoms with Crippen molar-refractivity contribution >= 4 is 29.3 Å². The number of carbonyl (C=O) groups excluding carboxylic acids is 1. The van der Waals surface area contributed by atoms with Gasteiger partial charge < -0.3 is 20.4 Å². The number of urea groups is 1. The van der Waals surface area contributed by atoms with Crippen molar-refractivity contribution in [3.8, 4) is 0 Å². The minimum absolute atomic E-state index is 0.0108. The summed E-state index contributed by atoms with van der Waals surface area (Å²) in [5.74, 6) is -1.13. The van der Waals surface area contributed by atoms with E-state index >= 15 is 0 Å². The van der Waals surface area contributed by atoms with Crippen LogP contribution in [0, 0.1) is 0 Å². The van der Waals surface area contributed by atoms with E-state index in [0.29, 0.717) is 12.2 Å². The first kappa shape index (κ1) is 17.3. The van der Waals surface area contributed by atoms with Gasteiger partial charge in [0.2, 0.25) is 0 Å². The molecule has 0 unspecified atom stereocenters. The number of hydrogen-bond donors (Lipinski definition) is 3. The van der Waals surface area contributed by atoms with Gasteiger partial charge in [0.15, 0.2) is 0 Å². The van der Waals surface area contributed by atoms with E-state index in [4.69, 9.17) is 16.7 Å². The van der Waals surface area contributed by atoms with Crippen molar-refractivity contribution in [1.82, 2.24) is 4.90 Å². The molecule has 1 rings (SSSR count). The summed E-state index contributed by atoms with van der Waals surface area (Å²) >= 11 is 5.83. The first-order chi connectivity index (χ1) is 9.62. The summed E-state index contributed by atoms with van der Waals surface area (Å²) in [7, 11) is 0. The molecule has 0 saturated carbocycles. The van der Waals surface area contributed by atoms with E-state index in [1.165, 1.54) is 23.1 Å². The van der Waals surface area contributed by atoms with Crippen LogP contribution in [0.2, 0.25) is 5.02 Å². The molecule has 0 saturated heterocycles. The Balaban J connectivity index is 2.89. The predicted octanol–water partition coefficient (Wildman–Crippen LogP) is 2.66. The first-order valence-corrected chi connectivity index (χ1v) is 6.82. The third-order valence-corrected chi connectivity index (χ3v) is 2.86. The van der Waals surface area contributed by atoms with Crippen molar-refractivity contribution in [2.45, 2.75) is 26.4 Å². The number of aliphatic hydroxyl groups is 1. The van der Waals surface area contributed by atoms with E-state index in [2.05, 4.69) is 5.32 Å². The van der Waals surface area contributed by atoms with Gasteiger partial charge in [0.1, 0.15) is 0 Å². The zero-order valence-electron chi connectivity index (χ0n) is 12.2. The molecule has 116 valence electrons. The number of nitrogens with one attached hydrogen (secondary N) is 1. The fourth-order valence-electron chi connectivity index (χ4n) is 1.78. The van der Waals surface area contributed by atoms with Gasteiger partial charge in [-0.15, -0.1) is 0 Å².